The van der Waals surface area contributed by atoms with E-state index in [4.69, 9.17) is 42.5 Å². The van der Waals surface area contributed by atoms with E-state index in [2.05, 4.69) is 54.0 Å². The van der Waals surface area contributed by atoms with Crippen molar-refractivity contribution < 1.29 is 28.6 Å². The van der Waals surface area contributed by atoms with Gasteiger partial charge in [0, 0.05) is 104 Å². The topological polar surface area (TPSA) is 165 Å². The van der Waals surface area contributed by atoms with Gasteiger partial charge in [0.2, 0.25) is 11.8 Å². The van der Waals surface area contributed by atoms with E-state index in [0.717, 1.165) is 130 Å². The number of piperidine rings is 2. The quantitative estimate of drug-likeness (QED) is 0.0545. The van der Waals surface area contributed by atoms with Crippen LogP contribution in [-0.4, -0.2) is 150 Å². The monoisotopic (exact) mass is 1020 g/mol. The van der Waals surface area contributed by atoms with Crippen molar-refractivity contribution in [2.75, 3.05) is 72.8 Å². The molecule has 3 saturated heterocycles. The Hall–Kier alpha value is -3.52. The zero-order chi connectivity index (χ0) is 49.4. The number of nitrogens with one attached hydrogen (secondary N) is 3. The standard InChI is InChI=1S/C52H76ClN9O6S2/c1-34-35(2)69-52-48(34)49(37-10-13-41(53)14-11-37)57-44(50-59-58-36(3)62(50)52)32-47(64)54-20-28-67-26-8-7-9-27-68-29-21-55-51(65)39-12-15-43(38-16-24-61-45(30-38)40(19-25-63)33-56-61)46(31-39)70(5,6)60-22-17-42(66-4)18-23-60/h10-11,13-14,25,38-40,42-46,56H,5-9,12,15-24,26-33H2,1-4H3,(H,54,64)(H,55,65)/t38?,39?,40?,43?,44-,45?,46?/m1/s1. The molecule has 3 aromatic rings. The molecule has 0 radical (unpaired) electrons. The number of hydrogen-bond donors (Lipinski definition) is 3. The van der Waals surface area contributed by atoms with Gasteiger partial charge in [-0.25, -0.2) is 5.01 Å². The summed E-state index contributed by atoms with van der Waals surface area (Å²) in [6.07, 6.45) is 11.8. The van der Waals surface area contributed by atoms with Gasteiger partial charge in [-0.3, -0.25) is 28.9 Å². The Bertz CT molecular complexity index is 2400. The number of hydrazine groups is 1. The van der Waals surface area contributed by atoms with Crippen LogP contribution in [0.5, 0.6) is 0 Å². The van der Waals surface area contributed by atoms with E-state index in [1.54, 1.807) is 18.4 Å². The number of carbonyl (C=O) groups is 3. The molecule has 4 fully saturated rings. The number of aldehydes is 1. The number of halogens is 1. The van der Waals surface area contributed by atoms with Gasteiger partial charge in [0.25, 0.3) is 0 Å². The number of carbonyl (C=O) groups excluding carboxylic acids is 3. The minimum Gasteiger partial charge on any atom is -0.381 e. The molecule has 18 heteroatoms. The summed E-state index contributed by atoms with van der Waals surface area (Å²) in [6.45, 7) is 12.9. The molecular formula is C52H76ClN9O6S2. The van der Waals surface area contributed by atoms with Gasteiger partial charge in [0.05, 0.1) is 31.5 Å². The lowest BCUT2D eigenvalue weighted by Gasteiger charge is -2.50. The number of thiophene rings is 1. The SMILES string of the molecule is C=S(=C)(C1CC(C(=O)NCCOCCCCCOCCNC(=O)C[C@H]2N=C(c3ccc(Cl)cc3)c3c(sc(C)c3C)-n3c(C)nnc32)CCC1C1CCN2NCC(CC=O)C2C1)N1CCC(OC)CC1. The van der Waals surface area contributed by atoms with Crippen molar-refractivity contribution in [3.63, 3.8) is 0 Å². The summed E-state index contributed by atoms with van der Waals surface area (Å²) in [6, 6.07) is 7.53. The number of rotatable bonds is 22. The molecule has 6 unspecified atom stereocenters. The van der Waals surface area contributed by atoms with E-state index in [0.29, 0.717) is 80.6 Å². The third-order valence-electron chi connectivity index (χ3n) is 15.7. The van der Waals surface area contributed by atoms with Crippen molar-refractivity contribution in [3.05, 3.63) is 62.5 Å². The molecule has 1 saturated carbocycles. The minimum absolute atomic E-state index is 0.0570. The number of aryl methyl sites for hydroxylation is 2. The maximum absolute atomic E-state index is 13.7. The molecular weight excluding hydrogens is 946 g/mol. The second kappa shape index (κ2) is 24.5. The first-order chi connectivity index (χ1) is 33.9. The van der Waals surface area contributed by atoms with Crippen LogP contribution < -0.4 is 16.1 Å². The predicted octanol–water partition coefficient (Wildman–Crippen LogP) is 6.91. The van der Waals surface area contributed by atoms with E-state index in [1.807, 2.05) is 31.2 Å². The Labute approximate surface area is 424 Å². The lowest BCUT2D eigenvalue weighted by atomic mass is 9.70. The summed E-state index contributed by atoms with van der Waals surface area (Å²) < 4.78 is 22.1. The number of nitrogens with zero attached hydrogens (tertiary/aromatic N) is 6. The van der Waals surface area contributed by atoms with Gasteiger partial charge < -0.3 is 29.6 Å². The first kappa shape index (κ1) is 52.8. The molecule has 384 valence electrons. The molecule has 8 rings (SSSR count). The summed E-state index contributed by atoms with van der Waals surface area (Å²) in [4.78, 5) is 45.0. The number of hydrogen-bond acceptors (Lipinski definition) is 13. The third kappa shape index (κ3) is 12.3. The number of aromatic nitrogens is 3. The van der Waals surface area contributed by atoms with Crippen LogP contribution in [0.1, 0.15) is 116 Å². The number of methoxy groups -OCH3 is 1. The second-order valence-corrected chi connectivity index (χ2v) is 24.6. The fourth-order valence-electron chi connectivity index (χ4n) is 11.7. The van der Waals surface area contributed by atoms with Crippen LogP contribution in [0.25, 0.3) is 5.00 Å². The van der Waals surface area contributed by atoms with Gasteiger partial charge in [-0.2, -0.15) is 9.39 Å². The van der Waals surface area contributed by atoms with Gasteiger partial charge in [-0.15, -0.1) is 21.5 Å². The highest BCUT2D eigenvalue weighted by atomic mass is 35.5. The normalized spacial score (nSPS) is 25.4. The molecule has 5 aliphatic rings. The molecule has 6 heterocycles. The van der Waals surface area contributed by atoms with Crippen molar-refractivity contribution in [2.24, 2.45) is 28.7 Å². The minimum atomic E-state index is -1.66. The van der Waals surface area contributed by atoms with Crippen LogP contribution >= 0.6 is 32.3 Å². The summed E-state index contributed by atoms with van der Waals surface area (Å²) in [7, 11) is 0.147. The fraction of sp³-hybridized carbons (Fsp3) is 0.654. The van der Waals surface area contributed by atoms with Gasteiger partial charge >= 0.3 is 0 Å². The molecule has 7 atom stereocenters. The molecule has 3 N–H and O–H groups in total. The van der Waals surface area contributed by atoms with Gasteiger partial charge in [-0.05, 0) is 120 Å². The van der Waals surface area contributed by atoms with E-state index in [9.17, 15) is 14.4 Å². The number of amides is 2. The lowest BCUT2D eigenvalue weighted by molar-refractivity contribution is -0.126. The zero-order valence-electron chi connectivity index (χ0n) is 41.8. The number of benzene rings is 1. The Morgan fingerprint density at radius 1 is 0.929 bits per heavy atom. The second-order valence-electron chi connectivity index (χ2n) is 20.1. The molecule has 2 amide bonds. The predicted molar refractivity (Wildman–Crippen MR) is 283 cm³/mol. The van der Waals surface area contributed by atoms with Crippen LogP contribution in [0.2, 0.25) is 5.02 Å². The van der Waals surface area contributed by atoms with Crippen LogP contribution in [-0.2, 0) is 28.6 Å². The first-order valence-electron chi connectivity index (χ1n) is 25.6. The van der Waals surface area contributed by atoms with Gasteiger partial charge in [0.15, 0.2) is 5.82 Å². The Kier molecular flexibility index (Phi) is 18.5. The maximum Gasteiger partial charge on any atom is 0.223 e. The number of fused-ring (bicyclic) bond motifs is 4. The molecule has 1 aromatic carbocycles. The largest absolute Gasteiger partial charge is 0.381 e. The average Bonchev–Trinajstić information content (AvgIpc) is 4.02. The average molecular weight is 1020 g/mol. The summed E-state index contributed by atoms with van der Waals surface area (Å²) in [5, 5.41) is 19.5. The van der Waals surface area contributed by atoms with E-state index in [-0.39, 0.29) is 35.5 Å². The summed E-state index contributed by atoms with van der Waals surface area (Å²) in [5.41, 5.74) is 7.50. The number of aliphatic imine (C=N–C) groups is 1. The lowest BCUT2D eigenvalue weighted by Crippen LogP contribution is -2.50. The summed E-state index contributed by atoms with van der Waals surface area (Å²) >= 11 is 7.94. The Morgan fingerprint density at radius 3 is 2.37 bits per heavy atom. The number of ether oxygens (including phenoxy) is 3. The van der Waals surface area contributed by atoms with E-state index in [1.165, 1.54) is 4.88 Å². The molecule has 1 aliphatic carbocycles. The Morgan fingerprint density at radius 2 is 1.66 bits per heavy atom. The Balaban J connectivity index is 0.726. The van der Waals surface area contributed by atoms with Crippen LogP contribution in [0.15, 0.2) is 29.3 Å². The molecule has 0 spiro atoms. The zero-order valence-corrected chi connectivity index (χ0v) is 44.2. The number of unbranched alkanes of at least 4 members (excludes halogenated alkanes) is 2. The maximum atomic E-state index is 13.7. The fourth-order valence-corrected chi connectivity index (χ4v) is 15.9. The third-order valence-corrected chi connectivity index (χ3v) is 20.3. The highest BCUT2D eigenvalue weighted by Gasteiger charge is 2.46. The van der Waals surface area contributed by atoms with Gasteiger partial charge in [-0.1, -0.05) is 35.5 Å². The van der Waals surface area contributed by atoms with Crippen molar-refractivity contribution in [3.8, 4) is 5.00 Å². The van der Waals surface area contributed by atoms with E-state index >= 15 is 0 Å². The highest BCUT2D eigenvalue weighted by molar-refractivity contribution is 8.26. The van der Waals surface area contributed by atoms with Crippen molar-refractivity contribution >= 4 is 67.9 Å². The molecule has 0 bridgehead atoms. The van der Waals surface area contributed by atoms with Crippen molar-refractivity contribution in [1.82, 2.24) is 40.1 Å². The van der Waals surface area contributed by atoms with Gasteiger partial charge in [0.1, 0.15) is 23.2 Å². The van der Waals surface area contributed by atoms with Crippen molar-refractivity contribution in [2.45, 2.75) is 121 Å². The van der Waals surface area contributed by atoms with Crippen molar-refractivity contribution in [1.29, 1.82) is 0 Å². The van der Waals surface area contributed by atoms with E-state index < -0.39 is 15.4 Å². The van der Waals surface area contributed by atoms with Crippen LogP contribution in [0, 0.1) is 44.4 Å². The molecule has 70 heavy (non-hydrogen) atoms. The molecule has 4 aliphatic heterocycles. The molecule has 2 aromatic heterocycles. The smallest absolute Gasteiger partial charge is 0.223 e. The highest BCUT2D eigenvalue weighted by Crippen LogP contribution is 2.51. The first-order valence-corrected chi connectivity index (χ1v) is 28.8. The van der Waals surface area contributed by atoms with Crippen LogP contribution in [0.3, 0.4) is 0 Å². The van der Waals surface area contributed by atoms with Crippen LogP contribution in [0.4, 0.5) is 0 Å². The summed E-state index contributed by atoms with van der Waals surface area (Å²) in [5.74, 6) is 12.5. The molecule has 15 nitrogen and oxygen atoms in total.